The molecule has 0 bridgehead atoms. The monoisotopic (exact) mass is 348 g/mol. The minimum absolute atomic E-state index is 0.147. The van der Waals surface area contributed by atoms with E-state index in [1.807, 2.05) is 18.7 Å². The van der Waals surface area contributed by atoms with Crippen molar-refractivity contribution >= 4 is 11.8 Å². The second-order valence-corrected chi connectivity index (χ2v) is 7.08. The van der Waals surface area contributed by atoms with Gasteiger partial charge in [-0.2, -0.15) is 0 Å². The van der Waals surface area contributed by atoms with E-state index in [9.17, 15) is 9.59 Å². The highest BCUT2D eigenvalue weighted by atomic mass is 16.5. The van der Waals surface area contributed by atoms with Crippen LogP contribution in [0.4, 0.5) is 0 Å². The molecule has 0 aromatic carbocycles. The number of carbonyl (C=O) groups is 2. The van der Waals surface area contributed by atoms with Crippen LogP contribution in [0, 0.1) is 13.8 Å². The number of nitrogens with one attached hydrogen (secondary N) is 1. The van der Waals surface area contributed by atoms with Gasteiger partial charge in [0.05, 0.1) is 12.1 Å². The Balaban J connectivity index is 1.56. The van der Waals surface area contributed by atoms with Gasteiger partial charge in [0.15, 0.2) is 0 Å². The molecule has 0 radical (unpaired) electrons. The third-order valence-corrected chi connectivity index (χ3v) is 5.41. The second-order valence-electron chi connectivity index (χ2n) is 7.08. The molecule has 138 valence electrons. The first-order valence-corrected chi connectivity index (χ1v) is 9.25. The molecule has 1 unspecified atom stereocenters. The predicted molar refractivity (Wildman–Crippen MR) is 93.1 cm³/mol. The van der Waals surface area contributed by atoms with Crippen molar-refractivity contribution in [3.8, 4) is 0 Å². The largest absolute Gasteiger partial charge is 0.361 e. The number of amides is 2. The number of aromatic nitrogens is 1. The smallest absolute Gasteiger partial charge is 0.227 e. The van der Waals surface area contributed by atoms with E-state index >= 15 is 0 Å². The molecule has 7 heteroatoms. The van der Waals surface area contributed by atoms with Crippen molar-refractivity contribution in [2.75, 3.05) is 32.7 Å². The first-order chi connectivity index (χ1) is 12.0. The van der Waals surface area contributed by atoms with Crippen molar-refractivity contribution in [3.63, 3.8) is 0 Å². The normalized spacial score (nSPS) is 23.0. The molecular formula is C18H28N4O3. The number of nitrogens with zero attached hydrogens (tertiary/aromatic N) is 3. The highest BCUT2D eigenvalue weighted by Crippen LogP contribution is 2.18. The maximum Gasteiger partial charge on any atom is 0.227 e. The van der Waals surface area contributed by atoms with E-state index in [-0.39, 0.29) is 11.8 Å². The zero-order chi connectivity index (χ0) is 17.8. The Morgan fingerprint density at radius 1 is 1.24 bits per heavy atom. The molecule has 0 saturated carbocycles. The number of rotatable bonds is 3. The molecule has 2 fully saturated rings. The maximum atomic E-state index is 12.7. The van der Waals surface area contributed by atoms with Crippen LogP contribution in [-0.2, 0) is 16.0 Å². The summed E-state index contributed by atoms with van der Waals surface area (Å²) in [6.07, 6.45) is 3.86. The van der Waals surface area contributed by atoms with Gasteiger partial charge in [-0.05, 0) is 33.1 Å². The summed E-state index contributed by atoms with van der Waals surface area (Å²) < 4.78 is 5.16. The van der Waals surface area contributed by atoms with Gasteiger partial charge in [-0.1, -0.05) is 5.16 Å². The summed E-state index contributed by atoms with van der Waals surface area (Å²) in [5.74, 6) is 1.04. The molecule has 0 aliphatic carbocycles. The number of aryl methyl sites for hydroxylation is 2. The average molecular weight is 348 g/mol. The molecule has 7 nitrogen and oxygen atoms in total. The fourth-order valence-corrected chi connectivity index (χ4v) is 3.84. The van der Waals surface area contributed by atoms with Gasteiger partial charge < -0.3 is 14.7 Å². The Kier molecular flexibility index (Phi) is 5.73. The van der Waals surface area contributed by atoms with Gasteiger partial charge in [0, 0.05) is 50.7 Å². The average Bonchev–Trinajstić information content (AvgIpc) is 2.84. The van der Waals surface area contributed by atoms with Crippen molar-refractivity contribution in [2.24, 2.45) is 0 Å². The molecule has 1 aromatic heterocycles. The Morgan fingerprint density at radius 3 is 2.84 bits per heavy atom. The Labute approximate surface area is 148 Å². The van der Waals surface area contributed by atoms with Crippen LogP contribution < -0.4 is 5.32 Å². The quantitative estimate of drug-likeness (QED) is 0.883. The van der Waals surface area contributed by atoms with Gasteiger partial charge in [-0.3, -0.25) is 14.5 Å². The SMILES string of the molecule is Cc1noc(C)c1CC(=O)N1CCCN(C2CCNC(=O)CC2)CC1. The fraction of sp³-hybridized carbons (Fsp3) is 0.722. The molecule has 3 heterocycles. The lowest BCUT2D eigenvalue weighted by Crippen LogP contribution is -2.40. The van der Waals surface area contributed by atoms with Crippen LogP contribution in [0.1, 0.15) is 42.7 Å². The van der Waals surface area contributed by atoms with Crippen LogP contribution in [0.3, 0.4) is 0 Å². The van der Waals surface area contributed by atoms with E-state index in [4.69, 9.17) is 4.52 Å². The van der Waals surface area contributed by atoms with Crippen molar-refractivity contribution in [1.82, 2.24) is 20.3 Å². The topological polar surface area (TPSA) is 78.7 Å². The zero-order valence-electron chi connectivity index (χ0n) is 15.2. The third-order valence-electron chi connectivity index (χ3n) is 5.41. The van der Waals surface area contributed by atoms with Crippen LogP contribution >= 0.6 is 0 Å². The Hall–Kier alpha value is -1.89. The van der Waals surface area contributed by atoms with Crippen molar-refractivity contribution in [2.45, 2.75) is 52.0 Å². The molecule has 0 spiro atoms. The molecular weight excluding hydrogens is 320 g/mol. The Bertz CT molecular complexity index is 608. The molecule has 1 aromatic rings. The predicted octanol–water partition coefficient (Wildman–Crippen LogP) is 1.04. The highest BCUT2D eigenvalue weighted by molar-refractivity contribution is 5.79. The summed E-state index contributed by atoms with van der Waals surface area (Å²) in [5, 5.41) is 6.88. The van der Waals surface area contributed by atoms with Crippen molar-refractivity contribution in [3.05, 3.63) is 17.0 Å². The molecule has 3 rings (SSSR count). The third kappa shape index (κ3) is 4.39. The summed E-state index contributed by atoms with van der Waals surface area (Å²) in [6, 6.07) is 0.441. The van der Waals surface area contributed by atoms with Crippen LogP contribution in [0.15, 0.2) is 4.52 Å². The maximum absolute atomic E-state index is 12.7. The van der Waals surface area contributed by atoms with Crippen molar-refractivity contribution in [1.29, 1.82) is 0 Å². The standard InChI is InChI=1S/C18H28N4O3/c1-13-16(14(2)25-20-13)12-18(24)22-9-3-8-21(10-11-22)15-4-5-17(23)19-7-6-15/h15H,3-12H2,1-2H3,(H,19,23). The first kappa shape index (κ1) is 17.9. The Morgan fingerprint density at radius 2 is 2.08 bits per heavy atom. The van der Waals surface area contributed by atoms with E-state index in [2.05, 4.69) is 15.4 Å². The molecule has 25 heavy (non-hydrogen) atoms. The lowest BCUT2D eigenvalue weighted by atomic mass is 10.1. The fourth-order valence-electron chi connectivity index (χ4n) is 3.84. The van der Waals surface area contributed by atoms with Gasteiger partial charge in [0.1, 0.15) is 5.76 Å². The summed E-state index contributed by atoms with van der Waals surface area (Å²) in [5.41, 5.74) is 1.72. The summed E-state index contributed by atoms with van der Waals surface area (Å²) in [4.78, 5) is 28.6. The van der Waals surface area contributed by atoms with Gasteiger partial charge in [-0.25, -0.2) is 0 Å². The lowest BCUT2D eigenvalue weighted by Gasteiger charge is -2.29. The van der Waals surface area contributed by atoms with E-state index < -0.39 is 0 Å². The molecule has 2 aliphatic heterocycles. The van der Waals surface area contributed by atoms with E-state index in [1.54, 1.807) is 0 Å². The first-order valence-electron chi connectivity index (χ1n) is 9.25. The van der Waals surface area contributed by atoms with Gasteiger partial charge >= 0.3 is 0 Å². The second kappa shape index (κ2) is 7.99. The van der Waals surface area contributed by atoms with E-state index in [1.165, 1.54) is 0 Å². The summed E-state index contributed by atoms with van der Waals surface area (Å²) in [6.45, 7) is 7.91. The number of hydrogen-bond donors (Lipinski definition) is 1. The lowest BCUT2D eigenvalue weighted by molar-refractivity contribution is -0.130. The number of carbonyl (C=O) groups excluding carboxylic acids is 2. The summed E-state index contributed by atoms with van der Waals surface area (Å²) in [7, 11) is 0. The van der Waals surface area contributed by atoms with Crippen molar-refractivity contribution < 1.29 is 14.1 Å². The molecule has 1 N–H and O–H groups in total. The molecule has 2 saturated heterocycles. The highest BCUT2D eigenvalue weighted by Gasteiger charge is 2.26. The zero-order valence-corrected chi connectivity index (χ0v) is 15.2. The van der Waals surface area contributed by atoms with Crippen LogP contribution in [-0.4, -0.2) is 65.5 Å². The molecule has 1 atom stereocenters. The van der Waals surface area contributed by atoms with E-state index in [0.717, 1.165) is 69.0 Å². The number of hydrogen-bond acceptors (Lipinski definition) is 5. The van der Waals surface area contributed by atoms with Gasteiger partial charge in [0.25, 0.3) is 0 Å². The van der Waals surface area contributed by atoms with Crippen LogP contribution in [0.25, 0.3) is 0 Å². The van der Waals surface area contributed by atoms with Gasteiger partial charge in [-0.15, -0.1) is 0 Å². The molecule has 2 aliphatic rings. The minimum Gasteiger partial charge on any atom is -0.361 e. The van der Waals surface area contributed by atoms with E-state index in [0.29, 0.717) is 18.9 Å². The minimum atomic E-state index is 0.147. The van der Waals surface area contributed by atoms with Crippen LogP contribution in [0.2, 0.25) is 0 Å². The van der Waals surface area contributed by atoms with Gasteiger partial charge in [0.2, 0.25) is 11.8 Å². The summed E-state index contributed by atoms with van der Waals surface area (Å²) >= 11 is 0. The molecule has 2 amide bonds. The van der Waals surface area contributed by atoms with Crippen LogP contribution in [0.5, 0.6) is 0 Å².